The third kappa shape index (κ3) is 5.02. The standard InChI is InChI=1S/C24H34N2O4/c1-16(2)13-20-22(27)26(21(23(28)29)14-18-7-5-4-6-8-18)24(30)25(20)15-19-11-9-17(3)10-12-19/h9-12,16,18,20-21H,4-8,13-15H2,1-3H3,(H,28,29). The third-order valence-electron chi connectivity index (χ3n) is 6.40. The summed E-state index contributed by atoms with van der Waals surface area (Å²) < 4.78 is 0. The predicted octanol–water partition coefficient (Wildman–Crippen LogP) is 4.60. The lowest BCUT2D eigenvalue weighted by Crippen LogP contribution is -2.47. The Hall–Kier alpha value is -2.37. The molecule has 6 heteroatoms. The van der Waals surface area contributed by atoms with Crippen LogP contribution < -0.4 is 0 Å². The van der Waals surface area contributed by atoms with Crippen molar-refractivity contribution in [2.24, 2.45) is 11.8 Å². The van der Waals surface area contributed by atoms with E-state index in [1.165, 1.54) is 6.42 Å². The molecule has 2 aliphatic rings. The number of rotatable bonds is 8. The van der Waals surface area contributed by atoms with Gasteiger partial charge in [-0.1, -0.05) is 75.8 Å². The summed E-state index contributed by atoms with van der Waals surface area (Å²) in [5, 5.41) is 9.91. The minimum Gasteiger partial charge on any atom is -0.480 e. The molecule has 2 unspecified atom stereocenters. The summed E-state index contributed by atoms with van der Waals surface area (Å²) in [5.74, 6) is -0.962. The molecule has 0 radical (unpaired) electrons. The summed E-state index contributed by atoms with van der Waals surface area (Å²) in [6.45, 7) is 6.34. The van der Waals surface area contributed by atoms with Gasteiger partial charge in [0.1, 0.15) is 12.1 Å². The maximum absolute atomic E-state index is 13.3. The van der Waals surface area contributed by atoms with Crippen molar-refractivity contribution in [3.8, 4) is 0 Å². The van der Waals surface area contributed by atoms with Gasteiger partial charge in [-0.2, -0.15) is 0 Å². The van der Waals surface area contributed by atoms with Crippen molar-refractivity contribution in [1.82, 2.24) is 9.80 Å². The molecule has 6 nitrogen and oxygen atoms in total. The van der Waals surface area contributed by atoms with Crippen LogP contribution in [0.2, 0.25) is 0 Å². The second kappa shape index (κ2) is 9.63. The zero-order chi connectivity index (χ0) is 21.8. The molecule has 2 atom stereocenters. The first-order valence-electron chi connectivity index (χ1n) is 11.2. The number of carbonyl (C=O) groups is 3. The monoisotopic (exact) mass is 414 g/mol. The van der Waals surface area contributed by atoms with Crippen LogP contribution in [0.3, 0.4) is 0 Å². The van der Waals surface area contributed by atoms with Crippen LogP contribution >= 0.6 is 0 Å². The minimum absolute atomic E-state index is 0.217. The van der Waals surface area contributed by atoms with Gasteiger partial charge in [-0.05, 0) is 37.2 Å². The van der Waals surface area contributed by atoms with E-state index in [0.717, 1.165) is 41.7 Å². The molecule has 1 aromatic rings. The van der Waals surface area contributed by atoms with E-state index in [9.17, 15) is 19.5 Å². The zero-order valence-electron chi connectivity index (χ0n) is 18.3. The molecule has 1 aliphatic heterocycles. The Labute approximate surface area is 179 Å². The molecule has 164 valence electrons. The van der Waals surface area contributed by atoms with Crippen LogP contribution in [0, 0.1) is 18.8 Å². The van der Waals surface area contributed by atoms with Gasteiger partial charge in [-0.25, -0.2) is 14.5 Å². The van der Waals surface area contributed by atoms with E-state index < -0.39 is 24.1 Å². The van der Waals surface area contributed by atoms with E-state index in [4.69, 9.17) is 0 Å². The summed E-state index contributed by atoms with van der Waals surface area (Å²) in [4.78, 5) is 41.4. The van der Waals surface area contributed by atoms with Crippen LogP contribution in [0.5, 0.6) is 0 Å². The summed E-state index contributed by atoms with van der Waals surface area (Å²) >= 11 is 0. The molecule has 30 heavy (non-hydrogen) atoms. The van der Waals surface area contributed by atoms with Crippen LogP contribution in [-0.4, -0.2) is 44.9 Å². The fourth-order valence-electron chi connectivity index (χ4n) is 4.74. The zero-order valence-corrected chi connectivity index (χ0v) is 18.3. The molecule has 1 heterocycles. The molecule has 0 aromatic heterocycles. The molecule has 3 amide bonds. The van der Waals surface area contributed by atoms with E-state index >= 15 is 0 Å². The number of imide groups is 1. The Morgan fingerprint density at radius 2 is 1.70 bits per heavy atom. The number of nitrogens with zero attached hydrogens (tertiary/aromatic N) is 2. The highest BCUT2D eigenvalue weighted by Gasteiger charge is 2.50. The lowest BCUT2D eigenvalue weighted by molar-refractivity contribution is -0.147. The Bertz CT molecular complexity index is 768. The number of aliphatic carboxylic acids is 1. The van der Waals surface area contributed by atoms with Gasteiger partial charge in [0, 0.05) is 6.54 Å². The average molecular weight is 415 g/mol. The van der Waals surface area contributed by atoms with Crippen LogP contribution in [-0.2, 0) is 16.1 Å². The second-order valence-corrected chi connectivity index (χ2v) is 9.34. The van der Waals surface area contributed by atoms with Gasteiger partial charge in [0.15, 0.2) is 0 Å². The average Bonchev–Trinajstić information content (AvgIpc) is 2.92. The van der Waals surface area contributed by atoms with Crippen molar-refractivity contribution in [2.75, 3.05) is 0 Å². The van der Waals surface area contributed by atoms with E-state index in [1.807, 2.05) is 45.0 Å². The molecule has 3 rings (SSSR count). The van der Waals surface area contributed by atoms with Gasteiger partial charge < -0.3 is 10.0 Å². The van der Waals surface area contributed by atoms with Crippen LogP contribution in [0.1, 0.15) is 69.9 Å². The number of hydrogen-bond acceptors (Lipinski definition) is 3. The summed E-state index contributed by atoms with van der Waals surface area (Å²) in [6.07, 6.45) is 6.20. The smallest absolute Gasteiger partial charge is 0.328 e. The van der Waals surface area contributed by atoms with Crippen molar-refractivity contribution in [2.45, 2.75) is 84.3 Å². The molecular weight excluding hydrogens is 380 g/mol. The molecule has 1 N–H and O–H groups in total. The Morgan fingerprint density at radius 3 is 2.27 bits per heavy atom. The van der Waals surface area contributed by atoms with Crippen LogP contribution in [0.25, 0.3) is 0 Å². The highest BCUT2D eigenvalue weighted by Crippen LogP contribution is 2.33. The fourth-order valence-corrected chi connectivity index (χ4v) is 4.74. The van der Waals surface area contributed by atoms with Crippen molar-refractivity contribution < 1.29 is 19.5 Å². The summed E-state index contributed by atoms with van der Waals surface area (Å²) in [7, 11) is 0. The maximum Gasteiger partial charge on any atom is 0.328 e. The lowest BCUT2D eigenvalue weighted by atomic mass is 9.84. The fraction of sp³-hybridized carbons (Fsp3) is 0.625. The highest BCUT2D eigenvalue weighted by molar-refractivity contribution is 6.06. The Kier molecular flexibility index (Phi) is 7.16. The number of benzene rings is 1. The first kappa shape index (κ1) is 22.3. The molecule has 1 aliphatic carbocycles. The van der Waals surface area contributed by atoms with E-state index in [0.29, 0.717) is 19.4 Å². The Balaban J connectivity index is 1.85. The van der Waals surface area contributed by atoms with Gasteiger partial charge in [0.2, 0.25) is 0 Å². The van der Waals surface area contributed by atoms with Crippen molar-refractivity contribution in [3.63, 3.8) is 0 Å². The minimum atomic E-state index is -1.08. The number of hydrogen-bond donors (Lipinski definition) is 1. The number of carbonyl (C=O) groups excluding carboxylic acids is 2. The lowest BCUT2D eigenvalue weighted by Gasteiger charge is -2.28. The van der Waals surface area contributed by atoms with E-state index in [2.05, 4.69) is 0 Å². The topological polar surface area (TPSA) is 77.9 Å². The number of carboxylic acid groups (broad SMARTS) is 1. The predicted molar refractivity (Wildman–Crippen MR) is 115 cm³/mol. The van der Waals surface area contributed by atoms with Crippen LogP contribution in [0.4, 0.5) is 4.79 Å². The third-order valence-corrected chi connectivity index (χ3v) is 6.40. The van der Waals surface area contributed by atoms with Crippen molar-refractivity contribution >= 4 is 17.9 Å². The number of urea groups is 1. The van der Waals surface area contributed by atoms with E-state index in [1.54, 1.807) is 4.90 Å². The van der Waals surface area contributed by atoms with Gasteiger partial charge in [0.25, 0.3) is 5.91 Å². The van der Waals surface area contributed by atoms with Crippen molar-refractivity contribution in [1.29, 1.82) is 0 Å². The van der Waals surface area contributed by atoms with Crippen molar-refractivity contribution in [3.05, 3.63) is 35.4 Å². The normalized spacial score (nSPS) is 21.5. The number of amides is 3. The SMILES string of the molecule is Cc1ccc(CN2C(=O)N(C(CC3CCCCC3)C(=O)O)C(=O)C2CC(C)C)cc1. The largest absolute Gasteiger partial charge is 0.480 e. The van der Waals surface area contributed by atoms with Gasteiger partial charge in [-0.3, -0.25) is 4.79 Å². The highest BCUT2D eigenvalue weighted by atomic mass is 16.4. The number of aryl methyl sites for hydroxylation is 1. The van der Waals surface area contributed by atoms with Crippen LogP contribution in [0.15, 0.2) is 24.3 Å². The molecule has 2 fully saturated rings. The van der Waals surface area contributed by atoms with Gasteiger partial charge in [-0.15, -0.1) is 0 Å². The molecule has 1 saturated carbocycles. The second-order valence-electron chi connectivity index (χ2n) is 9.34. The summed E-state index contributed by atoms with van der Waals surface area (Å²) in [5.41, 5.74) is 2.07. The molecule has 0 spiro atoms. The summed E-state index contributed by atoms with van der Waals surface area (Å²) in [6, 6.07) is 5.73. The number of carboxylic acids is 1. The first-order chi connectivity index (χ1) is 14.3. The molecule has 1 aromatic carbocycles. The molecule has 1 saturated heterocycles. The quantitative estimate of drug-likeness (QED) is 0.631. The first-order valence-corrected chi connectivity index (χ1v) is 11.2. The Morgan fingerprint density at radius 1 is 1.07 bits per heavy atom. The van der Waals surface area contributed by atoms with Gasteiger partial charge in [0.05, 0.1) is 0 Å². The van der Waals surface area contributed by atoms with Gasteiger partial charge >= 0.3 is 12.0 Å². The maximum atomic E-state index is 13.3. The van der Waals surface area contributed by atoms with E-state index in [-0.39, 0.29) is 17.7 Å². The molecule has 0 bridgehead atoms. The molecular formula is C24H34N2O4.